The minimum Gasteiger partial charge on any atom is -0.452 e. The highest BCUT2D eigenvalue weighted by Crippen LogP contribution is 2.22. The van der Waals surface area contributed by atoms with E-state index in [1.165, 1.54) is 0 Å². The minimum atomic E-state index is -1.12. The van der Waals surface area contributed by atoms with Crippen molar-refractivity contribution in [1.29, 1.82) is 0 Å². The van der Waals surface area contributed by atoms with Gasteiger partial charge in [-0.05, 0) is 70.8 Å². The molecule has 4 heterocycles. The lowest BCUT2D eigenvalue weighted by atomic mass is 10.2. The van der Waals surface area contributed by atoms with Crippen molar-refractivity contribution in [3.8, 4) is 23.0 Å². The Kier molecular flexibility index (Phi) is 12.4. The molecule has 0 atom stereocenters. The van der Waals surface area contributed by atoms with E-state index < -0.39 is 58.4 Å². The van der Waals surface area contributed by atoms with E-state index in [0.29, 0.717) is 45.3 Å². The summed E-state index contributed by atoms with van der Waals surface area (Å²) in [4.78, 5) is 102. The molecule has 4 N–H and O–H groups in total. The molecule has 0 spiro atoms. The molecule has 4 aromatic carbocycles. The van der Waals surface area contributed by atoms with Crippen molar-refractivity contribution in [1.82, 2.24) is 38.9 Å². The van der Waals surface area contributed by atoms with Crippen LogP contribution in [-0.4, -0.2) is 64.7 Å². The van der Waals surface area contributed by atoms with Crippen molar-refractivity contribution in [2.24, 2.45) is 0 Å². The van der Waals surface area contributed by atoms with Gasteiger partial charge in [-0.1, -0.05) is 48.5 Å². The Morgan fingerprint density at radius 3 is 0.754 bits per heavy atom. The van der Waals surface area contributed by atoms with E-state index in [2.05, 4.69) is 0 Å². The van der Waals surface area contributed by atoms with Gasteiger partial charge in [0.05, 0.1) is 26.2 Å². The molecule has 0 aliphatic carbocycles. The molecule has 0 bridgehead atoms. The fourth-order valence-electron chi connectivity index (χ4n) is 6.08. The SMILES string of the molecule is O=c1[nH]c(=O)n(Cc2ccc(OC(COCC(Oc3ccc(Cn4oc(=O)[nH]c4=O)cc3)Oc3ccc(Cn4oc(=O)[nH]c4=O)cc3)Oc3ccc(Cn4oc(=O)[nH]c4=O)cc3)cc2)o1. The number of hydrogen-bond donors (Lipinski definition) is 4. The standard InChI is InChI=1S/C40H34N8O17/c49-33-41-37(53)62-45(33)17-23-1-9-27(10-2-23)58-31(59-28-11-3-24(4-12-28)18-46-34(50)42-38(54)63-46)21-57-22-32(60-29-13-5-25(6-14-29)19-47-35(51)43-39(55)64-47)61-30-15-7-26(8-16-30)20-48-36(52)44-40(56)65-48/h1-16,31-32H,17-22H2,(H,41,49,53)(H,42,50,54)(H,43,51,55)(H,44,52,56). The van der Waals surface area contributed by atoms with Crippen molar-refractivity contribution < 1.29 is 41.8 Å². The number of hydrogen-bond acceptors (Lipinski definition) is 17. The Balaban J connectivity index is 0.982. The largest absolute Gasteiger partial charge is 0.452 e. The molecule has 0 unspecified atom stereocenters. The molecular formula is C40H34N8O17. The zero-order chi connectivity index (χ0) is 45.5. The van der Waals surface area contributed by atoms with E-state index in [9.17, 15) is 38.4 Å². The van der Waals surface area contributed by atoms with Crippen molar-refractivity contribution >= 4 is 0 Å². The van der Waals surface area contributed by atoms with Crippen molar-refractivity contribution in [3.63, 3.8) is 0 Å². The average molecular weight is 899 g/mol. The molecule has 4 aromatic heterocycles. The number of benzene rings is 4. The lowest BCUT2D eigenvalue weighted by Gasteiger charge is -2.24. The summed E-state index contributed by atoms with van der Waals surface area (Å²) in [5.74, 6) is -2.23. The second kappa shape index (κ2) is 18.9. The van der Waals surface area contributed by atoms with Gasteiger partial charge in [-0.25, -0.2) is 58.3 Å². The summed E-state index contributed by atoms with van der Waals surface area (Å²) in [6.07, 6.45) is -2.23. The first kappa shape index (κ1) is 42.7. The van der Waals surface area contributed by atoms with Gasteiger partial charge in [0.25, 0.3) is 12.6 Å². The highest BCUT2D eigenvalue weighted by molar-refractivity contribution is 5.31. The maximum absolute atomic E-state index is 11.9. The molecule has 0 amide bonds. The van der Waals surface area contributed by atoms with Crippen molar-refractivity contribution in [2.75, 3.05) is 13.2 Å². The number of nitrogens with one attached hydrogen (secondary N) is 4. The fourth-order valence-corrected chi connectivity index (χ4v) is 6.08. The molecule has 0 saturated heterocycles. The molecular weight excluding hydrogens is 864 g/mol. The fraction of sp³-hybridized carbons (Fsp3) is 0.200. The molecule has 0 aliphatic heterocycles. The molecule has 0 aliphatic rings. The van der Waals surface area contributed by atoms with Crippen LogP contribution in [0.3, 0.4) is 0 Å². The van der Waals surface area contributed by atoms with Gasteiger partial charge in [0.15, 0.2) is 0 Å². The Morgan fingerprint density at radius 2 is 0.569 bits per heavy atom. The van der Waals surface area contributed by atoms with Crippen LogP contribution in [0.25, 0.3) is 0 Å². The lowest BCUT2D eigenvalue weighted by molar-refractivity contribution is -0.105. The predicted octanol–water partition coefficient (Wildman–Crippen LogP) is -0.0636. The van der Waals surface area contributed by atoms with E-state index in [0.717, 1.165) is 19.0 Å². The monoisotopic (exact) mass is 898 g/mol. The number of ether oxygens (including phenoxy) is 5. The smallest absolute Gasteiger partial charge is 0.440 e. The maximum Gasteiger partial charge on any atom is 0.440 e. The summed E-state index contributed by atoms with van der Waals surface area (Å²) in [6, 6.07) is 26.0. The highest BCUT2D eigenvalue weighted by atomic mass is 16.7. The minimum absolute atomic E-state index is 0.0333. The van der Waals surface area contributed by atoms with Crippen molar-refractivity contribution in [3.05, 3.63) is 203 Å². The van der Waals surface area contributed by atoms with Crippen LogP contribution in [-0.2, 0) is 30.9 Å². The van der Waals surface area contributed by atoms with Crippen LogP contribution in [0.15, 0.2) is 154 Å². The highest BCUT2D eigenvalue weighted by Gasteiger charge is 2.19. The summed E-state index contributed by atoms with van der Waals surface area (Å²) in [6.45, 7) is -0.567. The van der Waals surface area contributed by atoms with Crippen LogP contribution in [0, 0.1) is 0 Å². The average Bonchev–Trinajstić information content (AvgIpc) is 3.99. The first-order valence-corrected chi connectivity index (χ1v) is 19.2. The Bertz CT molecular complexity index is 2890. The third-order valence-electron chi connectivity index (χ3n) is 9.09. The normalized spacial score (nSPS) is 11.4. The van der Waals surface area contributed by atoms with Gasteiger partial charge in [-0.2, -0.15) is 0 Å². The van der Waals surface area contributed by atoms with Crippen LogP contribution < -0.4 is 64.7 Å². The van der Waals surface area contributed by atoms with Gasteiger partial charge in [0, 0.05) is 0 Å². The first-order chi connectivity index (χ1) is 31.4. The molecule has 8 aromatic rings. The summed E-state index contributed by atoms with van der Waals surface area (Å²) in [5.41, 5.74) is -0.398. The molecule has 0 saturated carbocycles. The molecule has 65 heavy (non-hydrogen) atoms. The molecule has 0 radical (unpaired) electrons. The Labute approximate surface area is 358 Å². The van der Waals surface area contributed by atoms with Gasteiger partial charge in [0.2, 0.25) is 0 Å². The van der Waals surface area contributed by atoms with Gasteiger partial charge < -0.3 is 41.8 Å². The quantitative estimate of drug-likeness (QED) is 0.0728. The second-order valence-electron chi connectivity index (χ2n) is 13.8. The maximum atomic E-state index is 11.9. The van der Waals surface area contributed by atoms with Gasteiger partial charge >= 0.3 is 45.8 Å². The van der Waals surface area contributed by atoms with Crippen LogP contribution in [0.5, 0.6) is 23.0 Å². The predicted molar refractivity (Wildman–Crippen MR) is 217 cm³/mol. The third kappa shape index (κ3) is 11.3. The zero-order valence-electron chi connectivity index (χ0n) is 33.4. The van der Waals surface area contributed by atoms with Crippen LogP contribution >= 0.6 is 0 Å². The van der Waals surface area contributed by atoms with Gasteiger partial charge in [0.1, 0.15) is 36.2 Å². The number of nitrogens with zero attached hydrogens (tertiary/aromatic N) is 4. The van der Waals surface area contributed by atoms with Crippen LogP contribution in [0.1, 0.15) is 22.3 Å². The van der Waals surface area contributed by atoms with Gasteiger partial charge in [-0.15, -0.1) is 19.0 Å². The number of aromatic amines is 4. The van der Waals surface area contributed by atoms with E-state index in [-0.39, 0.29) is 39.4 Å². The lowest BCUT2D eigenvalue weighted by Crippen LogP contribution is -2.34. The molecule has 0 fully saturated rings. The molecule has 25 nitrogen and oxygen atoms in total. The number of H-pyrrole nitrogens is 4. The Hall–Kier alpha value is -9.00. The van der Waals surface area contributed by atoms with Crippen LogP contribution in [0.4, 0.5) is 0 Å². The zero-order valence-corrected chi connectivity index (χ0v) is 33.4. The third-order valence-corrected chi connectivity index (χ3v) is 9.09. The van der Waals surface area contributed by atoms with E-state index >= 15 is 0 Å². The van der Waals surface area contributed by atoms with E-state index in [4.69, 9.17) is 41.8 Å². The molecule has 25 heteroatoms. The van der Waals surface area contributed by atoms with Gasteiger partial charge in [-0.3, -0.25) is 0 Å². The van der Waals surface area contributed by atoms with E-state index in [1.54, 1.807) is 97.1 Å². The molecule has 336 valence electrons. The Morgan fingerprint density at radius 1 is 0.354 bits per heavy atom. The van der Waals surface area contributed by atoms with Crippen molar-refractivity contribution in [2.45, 2.75) is 38.8 Å². The summed E-state index contributed by atoms with van der Waals surface area (Å²) in [5, 5.41) is 0. The van der Waals surface area contributed by atoms with E-state index in [1.807, 2.05) is 19.9 Å². The second-order valence-corrected chi connectivity index (χ2v) is 13.8. The van der Waals surface area contributed by atoms with Crippen LogP contribution in [0.2, 0.25) is 0 Å². The first-order valence-electron chi connectivity index (χ1n) is 19.2. The summed E-state index contributed by atoms with van der Waals surface area (Å²) in [7, 11) is 0. The number of aromatic nitrogens is 8. The molecule has 8 rings (SSSR count). The topological polar surface area (TPSA) is 318 Å². The number of rotatable bonds is 20. The summed E-state index contributed by atoms with van der Waals surface area (Å²) >= 11 is 0. The summed E-state index contributed by atoms with van der Waals surface area (Å²) < 4.78 is 53.6.